The minimum Gasteiger partial charge on any atom is -0.465 e. The molecule has 0 spiro atoms. The summed E-state index contributed by atoms with van der Waals surface area (Å²) in [6, 6.07) is -2.24. The topological polar surface area (TPSA) is 182 Å². The van der Waals surface area contributed by atoms with E-state index in [0.717, 1.165) is 12.8 Å². The highest BCUT2D eigenvalue weighted by Gasteiger charge is 2.62. The monoisotopic (exact) mass is 540 g/mol. The number of sulfonamides is 1. The van der Waals surface area contributed by atoms with Gasteiger partial charge in [-0.1, -0.05) is 32.4 Å². The van der Waals surface area contributed by atoms with Gasteiger partial charge in [0.2, 0.25) is 21.8 Å². The van der Waals surface area contributed by atoms with Crippen molar-refractivity contribution in [3.05, 3.63) is 12.2 Å². The normalized spacial score (nSPS) is 36.9. The summed E-state index contributed by atoms with van der Waals surface area (Å²) in [5.41, 5.74) is -1.48. The SMILES string of the molecule is CC1C=C[C@@H]2C[C@@]2(C(=O)NS(=O)(=O)C2CC2)NC(=O)[C@@H]2C[C@@H](O)CN2C(=O)[C@@H](NC(=O)O)[C@H](C)CCC1. The Morgan fingerprint density at radius 2 is 1.84 bits per heavy atom. The first-order chi connectivity index (χ1) is 17.3. The summed E-state index contributed by atoms with van der Waals surface area (Å²) >= 11 is 0. The van der Waals surface area contributed by atoms with Crippen LogP contribution in [-0.4, -0.2) is 82.9 Å². The Balaban J connectivity index is 1.64. The standard InChI is InChI=1S/C24H36N4O8S/c1-13-4-3-5-14(2)19(25-23(33)34)21(31)28-12-16(29)10-18(28)20(30)26-24(11-15(24)7-6-13)22(32)27-37(35,36)17-8-9-17/h6-7,13-19,25,29H,3-5,8-12H2,1-2H3,(H,26,30)(H,27,32)(H,33,34)/t13?,14-,15-,16-,18+,19+,24-/m1/s1. The molecular weight excluding hydrogens is 504 g/mol. The number of carboxylic acid groups (broad SMARTS) is 1. The predicted octanol–water partition coefficient (Wildman–Crippen LogP) is 0.0800. The van der Waals surface area contributed by atoms with E-state index in [0.29, 0.717) is 19.3 Å². The summed E-state index contributed by atoms with van der Waals surface area (Å²) in [7, 11) is -3.84. The van der Waals surface area contributed by atoms with E-state index >= 15 is 0 Å². The van der Waals surface area contributed by atoms with Crippen LogP contribution < -0.4 is 15.4 Å². The Bertz CT molecular complexity index is 1090. The van der Waals surface area contributed by atoms with Gasteiger partial charge >= 0.3 is 6.09 Å². The molecule has 5 N–H and O–H groups in total. The number of allylic oxidation sites excluding steroid dienone is 1. The zero-order chi connectivity index (χ0) is 27.1. The Kier molecular flexibility index (Phi) is 7.57. The number of rotatable bonds is 4. The molecule has 0 aromatic heterocycles. The molecule has 4 amide bonds. The second-order valence-electron chi connectivity index (χ2n) is 11.0. The lowest BCUT2D eigenvalue weighted by molar-refractivity contribution is -0.142. The van der Waals surface area contributed by atoms with Crippen molar-refractivity contribution in [1.29, 1.82) is 0 Å². The third-order valence-corrected chi connectivity index (χ3v) is 9.75. The van der Waals surface area contributed by atoms with Gasteiger partial charge in [-0.2, -0.15) is 0 Å². The van der Waals surface area contributed by atoms with Gasteiger partial charge in [0.1, 0.15) is 17.6 Å². The number of amides is 4. The average molecular weight is 541 g/mol. The van der Waals surface area contributed by atoms with Crippen molar-refractivity contribution in [3.8, 4) is 0 Å². The van der Waals surface area contributed by atoms with Gasteiger partial charge in [-0.15, -0.1) is 0 Å². The number of nitrogens with zero attached hydrogens (tertiary/aromatic N) is 1. The van der Waals surface area contributed by atoms with Crippen molar-refractivity contribution < 1.29 is 37.8 Å². The van der Waals surface area contributed by atoms with Crippen molar-refractivity contribution in [2.45, 2.75) is 87.8 Å². The number of nitrogens with one attached hydrogen (secondary N) is 3. The molecule has 2 aliphatic carbocycles. The maximum atomic E-state index is 13.5. The summed E-state index contributed by atoms with van der Waals surface area (Å²) in [5, 5.41) is 24.0. The zero-order valence-electron chi connectivity index (χ0n) is 21.1. The number of aliphatic hydroxyl groups excluding tert-OH is 1. The maximum absolute atomic E-state index is 13.5. The Morgan fingerprint density at radius 3 is 2.49 bits per heavy atom. The predicted molar refractivity (Wildman–Crippen MR) is 131 cm³/mol. The van der Waals surface area contributed by atoms with Gasteiger partial charge in [0, 0.05) is 18.9 Å². The molecule has 1 saturated heterocycles. The van der Waals surface area contributed by atoms with Crippen LogP contribution in [0.2, 0.25) is 0 Å². The van der Waals surface area contributed by atoms with Crippen LogP contribution in [0.15, 0.2) is 12.2 Å². The van der Waals surface area contributed by atoms with Crippen molar-refractivity contribution in [3.63, 3.8) is 0 Å². The lowest BCUT2D eigenvalue weighted by Gasteiger charge is -2.31. The fourth-order valence-electron chi connectivity index (χ4n) is 5.38. The molecule has 7 atom stereocenters. The van der Waals surface area contributed by atoms with Crippen LogP contribution in [0, 0.1) is 17.8 Å². The lowest BCUT2D eigenvalue weighted by atomic mass is 9.92. The summed E-state index contributed by atoms with van der Waals surface area (Å²) in [5.74, 6) is -2.78. The second-order valence-corrected chi connectivity index (χ2v) is 13.0. The number of hydrogen-bond acceptors (Lipinski definition) is 7. The molecule has 0 aromatic carbocycles. The lowest BCUT2D eigenvalue weighted by Crippen LogP contribution is -2.59. The molecule has 4 aliphatic rings. The summed E-state index contributed by atoms with van der Waals surface area (Å²) < 4.78 is 27.1. The van der Waals surface area contributed by atoms with Crippen LogP contribution in [0.3, 0.4) is 0 Å². The van der Waals surface area contributed by atoms with E-state index in [9.17, 15) is 37.8 Å². The van der Waals surface area contributed by atoms with Crippen LogP contribution >= 0.6 is 0 Å². The van der Waals surface area contributed by atoms with Crippen LogP contribution in [0.1, 0.15) is 58.8 Å². The largest absolute Gasteiger partial charge is 0.465 e. The van der Waals surface area contributed by atoms with Gasteiger partial charge in [-0.3, -0.25) is 19.1 Å². The molecule has 0 bridgehead atoms. The minimum atomic E-state index is -3.84. The van der Waals surface area contributed by atoms with Gasteiger partial charge < -0.3 is 25.7 Å². The first-order valence-electron chi connectivity index (χ1n) is 12.9. The van der Waals surface area contributed by atoms with Gasteiger partial charge in [-0.25, -0.2) is 13.2 Å². The van der Waals surface area contributed by atoms with E-state index in [1.54, 1.807) is 6.92 Å². The smallest absolute Gasteiger partial charge is 0.405 e. The average Bonchev–Trinajstić information content (AvgIpc) is 3.72. The highest BCUT2D eigenvalue weighted by molar-refractivity contribution is 7.91. The number of carbonyl (C=O) groups excluding carboxylic acids is 3. The summed E-state index contributed by atoms with van der Waals surface area (Å²) in [6.07, 6.45) is 4.52. The van der Waals surface area contributed by atoms with Crippen molar-refractivity contribution in [2.75, 3.05) is 6.54 Å². The van der Waals surface area contributed by atoms with Crippen molar-refractivity contribution in [2.24, 2.45) is 17.8 Å². The molecule has 206 valence electrons. The molecule has 0 aromatic rings. The second kappa shape index (κ2) is 10.2. The number of fused-ring (bicyclic) bond motifs is 2. The third kappa shape index (κ3) is 5.92. The van der Waals surface area contributed by atoms with E-state index in [1.165, 1.54) is 4.90 Å². The first kappa shape index (κ1) is 27.4. The molecule has 0 radical (unpaired) electrons. The summed E-state index contributed by atoms with van der Waals surface area (Å²) in [4.78, 5) is 52.8. The molecule has 1 unspecified atom stereocenters. The number of hydrogen-bond donors (Lipinski definition) is 5. The highest BCUT2D eigenvalue weighted by atomic mass is 32.2. The van der Waals surface area contributed by atoms with Gasteiger partial charge in [0.15, 0.2) is 0 Å². The Labute approximate surface area is 216 Å². The molecule has 2 aliphatic heterocycles. The van der Waals surface area contributed by atoms with E-state index in [4.69, 9.17) is 0 Å². The maximum Gasteiger partial charge on any atom is 0.405 e. The number of carbonyl (C=O) groups is 4. The van der Waals surface area contributed by atoms with Crippen molar-refractivity contribution >= 4 is 33.8 Å². The Hall–Kier alpha value is -2.67. The zero-order valence-corrected chi connectivity index (χ0v) is 21.9. The van der Waals surface area contributed by atoms with Crippen molar-refractivity contribution in [1.82, 2.24) is 20.3 Å². The molecule has 2 saturated carbocycles. The number of aliphatic hydroxyl groups is 1. The quantitative estimate of drug-likeness (QED) is 0.311. The van der Waals surface area contributed by atoms with Gasteiger partial charge in [0.25, 0.3) is 5.91 Å². The third-order valence-electron chi connectivity index (χ3n) is 7.93. The van der Waals surface area contributed by atoms with Crippen LogP contribution in [0.4, 0.5) is 4.79 Å². The molecule has 12 nitrogen and oxygen atoms in total. The molecule has 3 fully saturated rings. The van der Waals surface area contributed by atoms with Crippen LogP contribution in [0.25, 0.3) is 0 Å². The fraction of sp³-hybridized carbons (Fsp3) is 0.750. The minimum absolute atomic E-state index is 0.0820. The van der Waals surface area contributed by atoms with E-state index in [-0.39, 0.29) is 31.2 Å². The Morgan fingerprint density at radius 1 is 1.14 bits per heavy atom. The molecule has 13 heteroatoms. The molecule has 37 heavy (non-hydrogen) atoms. The fourth-order valence-corrected chi connectivity index (χ4v) is 6.74. The summed E-state index contributed by atoms with van der Waals surface area (Å²) in [6.45, 7) is 3.61. The molecular formula is C24H36N4O8S. The van der Waals surface area contributed by atoms with Gasteiger partial charge in [-0.05, 0) is 43.9 Å². The van der Waals surface area contributed by atoms with E-state index in [2.05, 4.69) is 15.4 Å². The van der Waals surface area contributed by atoms with Crippen LogP contribution in [-0.2, 0) is 24.4 Å². The van der Waals surface area contributed by atoms with Gasteiger partial charge in [0.05, 0.1) is 11.4 Å². The molecule has 2 heterocycles. The first-order valence-corrected chi connectivity index (χ1v) is 14.4. The van der Waals surface area contributed by atoms with Crippen LogP contribution in [0.5, 0.6) is 0 Å². The van der Waals surface area contributed by atoms with E-state index < -0.39 is 68.7 Å². The van der Waals surface area contributed by atoms with E-state index in [1.807, 2.05) is 19.1 Å². The highest BCUT2D eigenvalue weighted by Crippen LogP contribution is 2.46. The molecule has 4 rings (SSSR count).